The number of halogens is 3. The quantitative estimate of drug-likeness (QED) is 0.815. The number of carbonyl (C=O) groups excluding carboxylic acids is 1. The second-order valence-electron chi connectivity index (χ2n) is 3.56. The molecule has 1 aromatic heterocycles. The topological polar surface area (TPSA) is 44.1 Å². The Bertz CT molecular complexity index is 608. The highest BCUT2D eigenvalue weighted by atomic mass is 35.5. The number of esters is 1. The van der Waals surface area contributed by atoms with Gasteiger partial charge in [-0.3, -0.25) is 0 Å². The minimum atomic E-state index is -0.811. The smallest absolute Gasteiger partial charge is 0.360 e. The van der Waals surface area contributed by atoms with E-state index in [-0.39, 0.29) is 17.3 Å². The highest BCUT2D eigenvalue weighted by molar-refractivity contribution is 6.33. The number of hydrogen-bond donors (Lipinski definition) is 0. The Balaban J connectivity index is 2.48. The highest BCUT2D eigenvalue weighted by Crippen LogP contribution is 2.22. The van der Waals surface area contributed by atoms with Crippen LogP contribution < -0.4 is 0 Å². The van der Waals surface area contributed by atoms with E-state index < -0.39 is 23.3 Å². The van der Waals surface area contributed by atoms with Crippen molar-refractivity contribution in [3.63, 3.8) is 0 Å². The molecule has 0 N–H and O–H groups in total. The summed E-state index contributed by atoms with van der Waals surface area (Å²) in [6.07, 6.45) is 1.15. The van der Waals surface area contributed by atoms with Crippen molar-refractivity contribution in [2.45, 2.75) is 6.92 Å². The van der Waals surface area contributed by atoms with Gasteiger partial charge in [-0.1, -0.05) is 17.7 Å². The summed E-state index contributed by atoms with van der Waals surface area (Å²) in [5.74, 6) is -2.37. The van der Waals surface area contributed by atoms with Crippen LogP contribution in [-0.2, 0) is 4.74 Å². The molecule has 19 heavy (non-hydrogen) atoms. The molecule has 0 radical (unpaired) electrons. The first-order valence-corrected chi connectivity index (χ1v) is 5.79. The van der Waals surface area contributed by atoms with Crippen molar-refractivity contribution in [1.29, 1.82) is 0 Å². The van der Waals surface area contributed by atoms with Gasteiger partial charge in [0, 0.05) is 0 Å². The van der Waals surface area contributed by atoms with Crippen LogP contribution in [0.15, 0.2) is 24.4 Å². The molecule has 0 unspecified atom stereocenters. The van der Waals surface area contributed by atoms with E-state index in [0.29, 0.717) is 0 Å². The minimum Gasteiger partial charge on any atom is -0.461 e. The van der Waals surface area contributed by atoms with E-state index in [9.17, 15) is 13.6 Å². The zero-order valence-corrected chi connectivity index (χ0v) is 10.6. The van der Waals surface area contributed by atoms with E-state index in [1.54, 1.807) is 6.92 Å². The Kier molecular flexibility index (Phi) is 3.80. The first-order chi connectivity index (χ1) is 9.04. The molecule has 2 rings (SSSR count). The second-order valence-corrected chi connectivity index (χ2v) is 3.97. The molecule has 100 valence electrons. The lowest BCUT2D eigenvalue weighted by Gasteiger charge is -2.03. The lowest BCUT2D eigenvalue weighted by atomic mass is 10.3. The number of nitrogens with zero attached hydrogens (tertiary/aromatic N) is 2. The summed E-state index contributed by atoms with van der Waals surface area (Å²) >= 11 is 5.80. The predicted molar refractivity (Wildman–Crippen MR) is 64.4 cm³/mol. The van der Waals surface area contributed by atoms with Gasteiger partial charge in [0.2, 0.25) is 0 Å². The van der Waals surface area contributed by atoms with Crippen LogP contribution in [-0.4, -0.2) is 22.4 Å². The van der Waals surface area contributed by atoms with Gasteiger partial charge < -0.3 is 4.74 Å². The van der Waals surface area contributed by atoms with Crippen LogP contribution in [0.25, 0.3) is 5.69 Å². The number of hydrogen-bond acceptors (Lipinski definition) is 3. The monoisotopic (exact) mass is 286 g/mol. The van der Waals surface area contributed by atoms with Gasteiger partial charge in [-0.25, -0.2) is 18.3 Å². The van der Waals surface area contributed by atoms with E-state index in [0.717, 1.165) is 23.0 Å². The number of benzene rings is 1. The summed E-state index contributed by atoms with van der Waals surface area (Å²) in [5.41, 5.74) is -0.592. The van der Waals surface area contributed by atoms with Crippen molar-refractivity contribution < 1.29 is 18.3 Å². The fourth-order valence-electron chi connectivity index (χ4n) is 1.51. The minimum absolute atomic E-state index is 0.0406. The zero-order chi connectivity index (χ0) is 14.0. The van der Waals surface area contributed by atoms with Crippen LogP contribution in [0, 0.1) is 11.6 Å². The first-order valence-electron chi connectivity index (χ1n) is 5.41. The molecule has 0 saturated carbocycles. The summed E-state index contributed by atoms with van der Waals surface area (Å²) in [5, 5.41) is 3.71. The molecule has 0 aliphatic heterocycles. The standard InChI is InChI=1S/C12H9ClF2N2O2/c1-2-19-12(18)10-7(13)6-17(16-10)11-8(14)4-3-5-9(11)15/h3-6H,2H2,1H3. The number of ether oxygens (including phenoxy) is 1. The summed E-state index contributed by atoms with van der Waals surface area (Å²) in [6.45, 7) is 1.77. The maximum Gasteiger partial charge on any atom is 0.360 e. The van der Waals surface area contributed by atoms with Crippen molar-refractivity contribution in [3.8, 4) is 5.69 Å². The van der Waals surface area contributed by atoms with E-state index in [1.165, 1.54) is 6.07 Å². The van der Waals surface area contributed by atoms with Crippen LogP contribution in [0.4, 0.5) is 8.78 Å². The molecule has 0 amide bonds. The Morgan fingerprint density at radius 1 is 1.42 bits per heavy atom. The van der Waals surface area contributed by atoms with E-state index in [4.69, 9.17) is 16.3 Å². The first kappa shape index (κ1) is 13.5. The highest BCUT2D eigenvalue weighted by Gasteiger charge is 2.20. The molecule has 0 spiro atoms. The molecular formula is C12H9ClF2N2O2. The molecule has 0 atom stereocenters. The Morgan fingerprint density at radius 2 is 2.05 bits per heavy atom. The number of aromatic nitrogens is 2. The third kappa shape index (κ3) is 2.58. The number of para-hydroxylation sites is 1. The molecule has 0 fully saturated rings. The van der Waals surface area contributed by atoms with Gasteiger partial charge in [0.15, 0.2) is 17.3 Å². The van der Waals surface area contributed by atoms with Gasteiger partial charge in [-0.05, 0) is 19.1 Å². The van der Waals surface area contributed by atoms with Crippen LogP contribution >= 0.6 is 11.6 Å². The van der Waals surface area contributed by atoms with E-state index >= 15 is 0 Å². The second kappa shape index (κ2) is 5.36. The third-order valence-corrected chi connectivity index (χ3v) is 2.58. The van der Waals surface area contributed by atoms with Gasteiger partial charge >= 0.3 is 5.97 Å². The lowest BCUT2D eigenvalue weighted by Crippen LogP contribution is -2.08. The average Bonchev–Trinajstić information content (AvgIpc) is 2.71. The molecule has 7 heteroatoms. The lowest BCUT2D eigenvalue weighted by molar-refractivity contribution is 0.0519. The molecular weight excluding hydrogens is 278 g/mol. The van der Waals surface area contributed by atoms with Crippen molar-refractivity contribution >= 4 is 17.6 Å². The molecule has 4 nitrogen and oxygen atoms in total. The van der Waals surface area contributed by atoms with Crippen molar-refractivity contribution in [3.05, 3.63) is 46.7 Å². The number of carbonyl (C=O) groups is 1. The van der Waals surface area contributed by atoms with Crippen LogP contribution in [0.5, 0.6) is 0 Å². The van der Waals surface area contributed by atoms with Crippen LogP contribution in [0.1, 0.15) is 17.4 Å². The molecule has 0 bridgehead atoms. The fourth-order valence-corrected chi connectivity index (χ4v) is 1.72. The van der Waals surface area contributed by atoms with Gasteiger partial charge in [0.1, 0.15) is 5.69 Å². The van der Waals surface area contributed by atoms with Crippen LogP contribution in [0.3, 0.4) is 0 Å². The summed E-state index contributed by atoms with van der Waals surface area (Å²) in [4.78, 5) is 11.5. The fraction of sp³-hybridized carbons (Fsp3) is 0.167. The Hall–Kier alpha value is -1.95. The van der Waals surface area contributed by atoms with E-state index in [2.05, 4.69) is 5.10 Å². The summed E-state index contributed by atoms with van der Waals surface area (Å²) in [6, 6.07) is 3.39. The molecule has 0 aliphatic rings. The Labute approximate surface area is 112 Å². The largest absolute Gasteiger partial charge is 0.461 e. The third-order valence-electron chi connectivity index (χ3n) is 2.31. The predicted octanol–water partition coefficient (Wildman–Crippen LogP) is 2.98. The zero-order valence-electron chi connectivity index (χ0n) is 9.86. The maximum absolute atomic E-state index is 13.6. The SMILES string of the molecule is CCOC(=O)c1nn(-c2c(F)cccc2F)cc1Cl. The summed E-state index contributed by atoms with van der Waals surface area (Å²) < 4.78 is 32.7. The molecule has 2 aromatic rings. The Morgan fingerprint density at radius 3 is 2.63 bits per heavy atom. The number of rotatable bonds is 3. The van der Waals surface area contributed by atoms with Crippen molar-refractivity contribution in [2.75, 3.05) is 6.61 Å². The maximum atomic E-state index is 13.6. The van der Waals surface area contributed by atoms with Gasteiger partial charge in [0.05, 0.1) is 17.8 Å². The normalized spacial score (nSPS) is 10.5. The summed E-state index contributed by atoms with van der Waals surface area (Å²) in [7, 11) is 0. The molecule has 1 heterocycles. The van der Waals surface area contributed by atoms with Crippen LogP contribution in [0.2, 0.25) is 5.02 Å². The molecule has 0 aliphatic carbocycles. The van der Waals surface area contributed by atoms with Crippen molar-refractivity contribution in [1.82, 2.24) is 9.78 Å². The van der Waals surface area contributed by atoms with Gasteiger partial charge in [-0.2, -0.15) is 5.10 Å². The molecule has 1 aromatic carbocycles. The van der Waals surface area contributed by atoms with Crippen molar-refractivity contribution in [2.24, 2.45) is 0 Å². The van der Waals surface area contributed by atoms with E-state index in [1.807, 2.05) is 0 Å². The average molecular weight is 287 g/mol. The molecule has 0 saturated heterocycles. The van der Waals surface area contributed by atoms with Gasteiger partial charge in [-0.15, -0.1) is 0 Å². The van der Waals surface area contributed by atoms with Gasteiger partial charge in [0.25, 0.3) is 0 Å².